The monoisotopic (exact) mass is 245 g/mol. The Balaban J connectivity index is -0.0000000550. The first kappa shape index (κ1) is 24.3. The maximum atomic E-state index is 3.50. The van der Waals surface area contributed by atoms with E-state index in [1.807, 2.05) is 30.3 Å². The van der Waals surface area contributed by atoms with Crippen molar-refractivity contribution in [3.05, 3.63) is 46.3 Å². The Hall–Kier alpha value is -0.0557. The van der Waals surface area contributed by atoms with Gasteiger partial charge in [0.1, 0.15) is 0 Å². The first-order valence-corrected chi connectivity index (χ1v) is 4.35. The van der Waals surface area contributed by atoms with Gasteiger partial charge in [0.25, 0.3) is 0 Å². The Morgan fingerprint density at radius 3 is 0.933 bits per heavy atom. The van der Waals surface area contributed by atoms with E-state index in [-0.39, 0.29) is 21.7 Å². The summed E-state index contributed by atoms with van der Waals surface area (Å²) in [6.07, 6.45) is 0. The van der Waals surface area contributed by atoms with Crippen LogP contribution in [0.25, 0.3) is 16.0 Å². The number of rotatable bonds is 0. The quantitative estimate of drug-likeness (QED) is 0.497. The van der Waals surface area contributed by atoms with Crippen molar-refractivity contribution in [2.75, 3.05) is 42.3 Å². The maximum Gasteiger partial charge on any atom is 4.00 e. The van der Waals surface area contributed by atoms with Crippen molar-refractivity contribution in [2.24, 2.45) is 0 Å². The second kappa shape index (κ2) is 37.0. The van der Waals surface area contributed by atoms with Crippen molar-refractivity contribution in [2.45, 2.75) is 0 Å². The van der Waals surface area contributed by atoms with E-state index in [0.29, 0.717) is 0 Å². The number of nitrogens with zero attached hydrogens (tertiary/aromatic N) is 3. The molecule has 15 heavy (non-hydrogen) atoms. The third kappa shape index (κ3) is 81.4. The van der Waals surface area contributed by atoms with Crippen LogP contribution < -0.4 is 0 Å². The molecule has 0 aromatic heterocycles. The van der Waals surface area contributed by atoms with Crippen LogP contribution >= 0.6 is 0 Å². The summed E-state index contributed by atoms with van der Waals surface area (Å²) in [7, 11) is 10.5. The van der Waals surface area contributed by atoms with Crippen molar-refractivity contribution < 1.29 is 21.7 Å². The van der Waals surface area contributed by atoms with Crippen LogP contribution in [0.1, 0.15) is 0 Å². The standard InChI is InChI=1S/C5H5.3C2H6N.Ti/c1-2-4-5-3-1;3*1-3-2;/h1-5H;3*1-2H3;/q4*-1;+4. The van der Waals surface area contributed by atoms with Gasteiger partial charge in [0, 0.05) is 0 Å². The SMILES string of the molecule is C[N-]C.C[N-]C.C[N-]C.[Ti+4].c1cc[cH-]c1. The summed E-state index contributed by atoms with van der Waals surface area (Å²) < 4.78 is 0. The molecule has 0 spiro atoms. The fourth-order valence-electron chi connectivity index (χ4n) is 0.321. The van der Waals surface area contributed by atoms with Gasteiger partial charge < -0.3 is 16.0 Å². The van der Waals surface area contributed by atoms with E-state index < -0.39 is 0 Å². The van der Waals surface area contributed by atoms with Gasteiger partial charge in [-0.15, -0.1) is 0 Å². The Bertz CT molecular complexity index is 99.4. The molecule has 0 saturated heterocycles. The molecule has 86 valence electrons. The van der Waals surface area contributed by atoms with Crippen molar-refractivity contribution in [1.29, 1.82) is 0 Å². The molecular formula is C11H23N3Ti. The van der Waals surface area contributed by atoms with E-state index in [0.717, 1.165) is 0 Å². The Labute approximate surface area is 110 Å². The molecule has 0 fully saturated rings. The van der Waals surface area contributed by atoms with E-state index in [1.54, 1.807) is 42.3 Å². The molecule has 4 heteroatoms. The van der Waals surface area contributed by atoms with Gasteiger partial charge in [0.15, 0.2) is 0 Å². The van der Waals surface area contributed by atoms with Gasteiger partial charge in [-0.1, -0.05) is 0 Å². The normalized spacial score (nSPS) is 6.27. The summed E-state index contributed by atoms with van der Waals surface area (Å²) in [5, 5.41) is 10.5. The predicted molar refractivity (Wildman–Crippen MR) is 67.7 cm³/mol. The van der Waals surface area contributed by atoms with E-state index >= 15 is 0 Å². The van der Waals surface area contributed by atoms with Gasteiger partial charge in [-0.25, -0.2) is 12.1 Å². The molecule has 0 radical (unpaired) electrons. The Kier molecular flexibility index (Phi) is 59.9. The van der Waals surface area contributed by atoms with Gasteiger partial charge in [-0.05, 0) is 0 Å². The zero-order valence-corrected chi connectivity index (χ0v) is 12.3. The third-order valence-electron chi connectivity index (χ3n) is 0.556. The smallest absolute Gasteiger partial charge is 0.668 e. The largest absolute Gasteiger partial charge is 4.00 e. The Morgan fingerprint density at radius 2 is 0.867 bits per heavy atom. The van der Waals surface area contributed by atoms with Gasteiger partial charge in [-0.2, -0.15) is 60.5 Å². The molecule has 0 N–H and O–H groups in total. The predicted octanol–water partition coefficient (Wildman–Crippen LogP) is 3.26. The molecule has 0 aliphatic carbocycles. The molecule has 0 aliphatic rings. The Morgan fingerprint density at radius 1 is 0.667 bits per heavy atom. The second-order valence-corrected chi connectivity index (χ2v) is 2.30. The molecule has 1 aromatic rings. The van der Waals surface area contributed by atoms with Crippen LogP contribution in [0.2, 0.25) is 0 Å². The average molecular weight is 245 g/mol. The summed E-state index contributed by atoms with van der Waals surface area (Å²) in [5.41, 5.74) is 0. The summed E-state index contributed by atoms with van der Waals surface area (Å²) in [6.45, 7) is 0. The van der Waals surface area contributed by atoms with E-state index in [9.17, 15) is 0 Å². The van der Waals surface area contributed by atoms with Gasteiger partial charge in [0.05, 0.1) is 0 Å². The number of hydrogen-bond acceptors (Lipinski definition) is 0. The van der Waals surface area contributed by atoms with Gasteiger partial charge in [0.2, 0.25) is 0 Å². The molecule has 0 amide bonds. The van der Waals surface area contributed by atoms with Crippen LogP contribution in [0, 0.1) is 0 Å². The average Bonchev–Trinajstić information content (AvgIpc) is 2.63. The maximum absolute atomic E-state index is 3.50. The molecular weight excluding hydrogens is 222 g/mol. The van der Waals surface area contributed by atoms with Crippen LogP contribution in [0.15, 0.2) is 30.3 Å². The molecule has 0 heterocycles. The minimum absolute atomic E-state index is 0. The molecule has 0 atom stereocenters. The van der Waals surface area contributed by atoms with E-state index in [1.165, 1.54) is 0 Å². The van der Waals surface area contributed by atoms with Crippen LogP contribution in [0.5, 0.6) is 0 Å². The topological polar surface area (TPSA) is 42.3 Å². The molecule has 0 saturated carbocycles. The van der Waals surface area contributed by atoms with Gasteiger partial charge >= 0.3 is 21.7 Å². The third-order valence-corrected chi connectivity index (χ3v) is 0.556. The molecule has 1 rings (SSSR count). The second-order valence-electron chi connectivity index (χ2n) is 2.30. The summed E-state index contributed by atoms with van der Waals surface area (Å²) in [4.78, 5) is 0. The number of hydrogen-bond donors (Lipinski definition) is 0. The van der Waals surface area contributed by atoms with Crippen molar-refractivity contribution >= 4 is 0 Å². The van der Waals surface area contributed by atoms with Gasteiger partial charge in [-0.3, -0.25) is 0 Å². The molecule has 0 aliphatic heterocycles. The first-order valence-electron chi connectivity index (χ1n) is 4.35. The fraction of sp³-hybridized carbons (Fsp3) is 0.545. The zero-order chi connectivity index (χ0) is 11.7. The molecule has 0 bridgehead atoms. The molecule has 1 aromatic carbocycles. The van der Waals surface area contributed by atoms with Crippen molar-refractivity contribution in [1.82, 2.24) is 0 Å². The van der Waals surface area contributed by atoms with Crippen molar-refractivity contribution in [3.8, 4) is 0 Å². The van der Waals surface area contributed by atoms with Crippen molar-refractivity contribution in [3.63, 3.8) is 0 Å². The van der Waals surface area contributed by atoms with Crippen LogP contribution in [-0.4, -0.2) is 42.3 Å². The minimum Gasteiger partial charge on any atom is -0.668 e. The van der Waals surface area contributed by atoms with E-state index in [4.69, 9.17) is 0 Å². The zero-order valence-electron chi connectivity index (χ0n) is 10.7. The summed E-state index contributed by atoms with van der Waals surface area (Å²) in [6, 6.07) is 10.0. The van der Waals surface area contributed by atoms with Crippen LogP contribution in [-0.2, 0) is 21.7 Å². The van der Waals surface area contributed by atoms with E-state index in [2.05, 4.69) is 16.0 Å². The summed E-state index contributed by atoms with van der Waals surface area (Å²) >= 11 is 0. The molecule has 0 unspecified atom stereocenters. The first-order chi connectivity index (χ1) is 6.74. The molecule has 3 nitrogen and oxygen atoms in total. The van der Waals surface area contributed by atoms with Crippen LogP contribution in [0.3, 0.4) is 0 Å². The van der Waals surface area contributed by atoms with Crippen LogP contribution in [0.4, 0.5) is 0 Å². The fourth-order valence-corrected chi connectivity index (χ4v) is 0.321. The summed E-state index contributed by atoms with van der Waals surface area (Å²) in [5.74, 6) is 0. The minimum atomic E-state index is 0.